The van der Waals surface area contributed by atoms with Gasteiger partial charge in [-0.05, 0) is 48.3 Å². The summed E-state index contributed by atoms with van der Waals surface area (Å²) in [5.74, 6) is -2.44. The van der Waals surface area contributed by atoms with E-state index in [0.717, 1.165) is 21.9 Å². The Morgan fingerprint density at radius 1 is 1.12 bits per heavy atom. The molecule has 2 aromatic rings. The SMILES string of the molecule is O=C(O)CCCN1C(=O)[C@@H]2[C@H]3C[C@@H]([C@@H]2C1=O)[C@@H]1[C@@H](c2ccc(F)cc2)c2sc(=O)[nH]c2S[C@@H]31. The second kappa shape index (κ2) is 7.53. The van der Waals surface area contributed by atoms with Gasteiger partial charge in [0.05, 0.1) is 16.9 Å². The Balaban J connectivity index is 1.37. The van der Waals surface area contributed by atoms with E-state index in [1.165, 1.54) is 28.4 Å². The highest BCUT2D eigenvalue weighted by Crippen LogP contribution is 2.68. The van der Waals surface area contributed by atoms with Crippen molar-refractivity contribution in [3.8, 4) is 0 Å². The number of aromatic amines is 1. The molecular formula is C23H21FN2O5S2. The number of H-pyrrole nitrogens is 1. The van der Waals surface area contributed by atoms with E-state index in [1.807, 2.05) is 0 Å². The number of amides is 2. The number of carboxylic acid groups (broad SMARTS) is 1. The lowest BCUT2D eigenvalue weighted by atomic mass is 9.68. The highest BCUT2D eigenvalue weighted by molar-refractivity contribution is 8.00. The number of aromatic nitrogens is 1. The lowest BCUT2D eigenvalue weighted by molar-refractivity contribution is -0.142. The summed E-state index contributed by atoms with van der Waals surface area (Å²) >= 11 is 2.78. The van der Waals surface area contributed by atoms with Gasteiger partial charge >= 0.3 is 10.8 Å². The zero-order chi connectivity index (χ0) is 23.0. The van der Waals surface area contributed by atoms with E-state index in [1.54, 1.807) is 23.9 Å². The van der Waals surface area contributed by atoms with Crippen molar-refractivity contribution in [2.75, 3.05) is 6.54 Å². The summed E-state index contributed by atoms with van der Waals surface area (Å²) in [5.41, 5.74) is 0.919. The average molecular weight is 489 g/mol. The number of nitrogens with zero attached hydrogens (tertiary/aromatic N) is 1. The molecule has 1 aromatic carbocycles. The number of nitrogens with one attached hydrogen (secondary N) is 1. The first-order valence-electron chi connectivity index (χ1n) is 11.1. The number of hydrogen-bond donors (Lipinski definition) is 2. The van der Waals surface area contributed by atoms with Crippen LogP contribution in [0.1, 0.15) is 35.6 Å². The molecule has 2 aliphatic heterocycles. The highest BCUT2D eigenvalue weighted by Gasteiger charge is 2.69. The van der Waals surface area contributed by atoms with Gasteiger partial charge in [0.25, 0.3) is 0 Å². The Morgan fingerprint density at radius 2 is 1.82 bits per heavy atom. The molecule has 2 saturated carbocycles. The van der Waals surface area contributed by atoms with Gasteiger partial charge in [-0.2, -0.15) is 0 Å². The van der Waals surface area contributed by atoms with Crippen LogP contribution in [0.4, 0.5) is 4.39 Å². The number of aliphatic carboxylic acids is 1. The Labute approximate surface area is 196 Å². The molecule has 4 aliphatic rings. The van der Waals surface area contributed by atoms with Crippen molar-refractivity contribution < 1.29 is 23.9 Å². The molecule has 172 valence electrons. The molecule has 0 unspecified atom stereocenters. The first-order valence-corrected chi connectivity index (χ1v) is 12.8. The summed E-state index contributed by atoms with van der Waals surface area (Å²) in [6.07, 6.45) is 0.954. The van der Waals surface area contributed by atoms with Crippen molar-refractivity contribution in [1.82, 2.24) is 9.88 Å². The van der Waals surface area contributed by atoms with Crippen LogP contribution in [0, 0.1) is 35.4 Å². The molecule has 0 radical (unpaired) electrons. The normalized spacial score (nSPS) is 33.8. The van der Waals surface area contributed by atoms with Crippen LogP contribution < -0.4 is 4.87 Å². The molecule has 0 spiro atoms. The lowest BCUT2D eigenvalue weighted by Gasteiger charge is -2.43. The van der Waals surface area contributed by atoms with Crippen LogP contribution in [0.25, 0.3) is 0 Å². The summed E-state index contributed by atoms with van der Waals surface area (Å²) in [6.45, 7) is 0.140. The molecule has 2 aliphatic carbocycles. The predicted molar refractivity (Wildman–Crippen MR) is 118 cm³/mol. The number of hydrogen-bond acceptors (Lipinski definition) is 6. The Morgan fingerprint density at radius 3 is 2.52 bits per heavy atom. The van der Waals surface area contributed by atoms with Gasteiger partial charge in [0.2, 0.25) is 11.8 Å². The molecule has 10 heteroatoms. The number of carbonyl (C=O) groups excluding carboxylic acids is 2. The highest BCUT2D eigenvalue weighted by atomic mass is 32.2. The van der Waals surface area contributed by atoms with Crippen molar-refractivity contribution in [1.29, 1.82) is 0 Å². The number of fused-ring (bicyclic) bond motifs is 9. The van der Waals surface area contributed by atoms with E-state index < -0.39 is 11.9 Å². The predicted octanol–water partition coefficient (Wildman–Crippen LogP) is 2.91. The number of thioether (sulfide) groups is 1. The number of likely N-dealkylation sites (tertiary alicyclic amines) is 1. The molecule has 1 aromatic heterocycles. The van der Waals surface area contributed by atoms with Gasteiger partial charge in [0.15, 0.2) is 0 Å². The number of imide groups is 1. The summed E-state index contributed by atoms with van der Waals surface area (Å²) in [6, 6.07) is 6.35. The minimum absolute atomic E-state index is 0.00108. The first-order chi connectivity index (χ1) is 15.8. The molecule has 7 nitrogen and oxygen atoms in total. The van der Waals surface area contributed by atoms with Gasteiger partial charge in [-0.3, -0.25) is 24.1 Å². The van der Waals surface area contributed by atoms with Crippen LogP contribution in [0.3, 0.4) is 0 Å². The topological polar surface area (TPSA) is 108 Å². The lowest BCUT2D eigenvalue weighted by Crippen LogP contribution is -2.42. The third-order valence-corrected chi connectivity index (χ3v) is 10.4. The number of halogens is 1. The molecule has 3 heterocycles. The van der Waals surface area contributed by atoms with Crippen molar-refractivity contribution >= 4 is 40.9 Å². The molecule has 6 rings (SSSR count). The maximum atomic E-state index is 13.7. The van der Waals surface area contributed by atoms with Crippen LogP contribution in [0.5, 0.6) is 0 Å². The van der Waals surface area contributed by atoms with E-state index in [-0.39, 0.29) is 76.7 Å². The van der Waals surface area contributed by atoms with E-state index in [4.69, 9.17) is 5.11 Å². The van der Waals surface area contributed by atoms with Crippen LogP contribution in [-0.2, 0) is 14.4 Å². The zero-order valence-electron chi connectivity index (χ0n) is 17.4. The van der Waals surface area contributed by atoms with Gasteiger partial charge in [0.1, 0.15) is 5.82 Å². The van der Waals surface area contributed by atoms with E-state index in [0.29, 0.717) is 0 Å². The van der Waals surface area contributed by atoms with Crippen LogP contribution in [0.2, 0.25) is 0 Å². The van der Waals surface area contributed by atoms with Crippen molar-refractivity contribution in [3.63, 3.8) is 0 Å². The fraction of sp³-hybridized carbons (Fsp3) is 0.478. The molecule has 2 N–H and O–H groups in total. The number of carbonyl (C=O) groups is 3. The monoisotopic (exact) mass is 488 g/mol. The molecular weight excluding hydrogens is 467 g/mol. The van der Waals surface area contributed by atoms with Gasteiger partial charge in [0, 0.05) is 29.0 Å². The standard InChI is InChI=1S/C23H21FN2O5S2/c24-10-5-3-9(4-6-10)14-15-11-8-12(18(15)32-20-19(14)33-23(31)25-20)17-16(11)21(29)26(22(17)30)7-1-2-13(27)28/h3-6,11-12,14-18H,1-2,7-8H2,(H,25,31)(H,27,28)/t11-,12-,14-,15-,16+,17-,18+/m1/s1. The summed E-state index contributed by atoms with van der Waals surface area (Å²) in [7, 11) is 0. The number of thiazole rings is 1. The van der Waals surface area contributed by atoms with Gasteiger partial charge in [-0.25, -0.2) is 4.39 Å². The number of carboxylic acids is 1. The van der Waals surface area contributed by atoms with Crippen LogP contribution in [0.15, 0.2) is 34.1 Å². The summed E-state index contributed by atoms with van der Waals surface area (Å²) in [5, 5.41) is 9.82. The molecule has 2 bridgehead atoms. The Bertz CT molecular complexity index is 1220. The molecule has 7 atom stereocenters. The first kappa shape index (κ1) is 21.1. The largest absolute Gasteiger partial charge is 0.481 e. The second-order valence-corrected chi connectivity index (χ2v) is 11.5. The van der Waals surface area contributed by atoms with Crippen molar-refractivity contribution in [2.24, 2.45) is 29.6 Å². The minimum Gasteiger partial charge on any atom is -0.481 e. The molecule has 3 fully saturated rings. The average Bonchev–Trinajstić information content (AvgIpc) is 3.49. The van der Waals surface area contributed by atoms with E-state index in [9.17, 15) is 23.6 Å². The molecule has 33 heavy (non-hydrogen) atoms. The third-order valence-electron chi connectivity index (χ3n) is 7.82. The Kier molecular flexibility index (Phi) is 4.81. The zero-order valence-corrected chi connectivity index (χ0v) is 19.0. The Hall–Kier alpha value is -2.46. The van der Waals surface area contributed by atoms with E-state index in [2.05, 4.69) is 4.98 Å². The van der Waals surface area contributed by atoms with Crippen molar-refractivity contribution in [2.45, 2.75) is 35.5 Å². The number of benzene rings is 1. The quantitative estimate of drug-likeness (QED) is 0.627. The second-order valence-electron chi connectivity index (χ2n) is 9.34. The smallest absolute Gasteiger partial charge is 0.305 e. The maximum Gasteiger partial charge on any atom is 0.305 e. The molecule has 1 saturated heterocycles. The molecule has 2 amide bonds. The number of rotatable bonds is 5. The van der Waals surface area contributed by atoms with Gasteiger partial charge in [-0.15, -0.1) is 11.8 Å². The fourth-order valence-electron chi connectivity index (χ4n) is 6.73. The van der Waals surface area contributed by atoms with Crippen molar-refractivity contribution in [3.05, 3.63) is 50.2 Å². The van der Waals surface area contributed by atoms with E-state index >= 15 is 0 Å². The summed E-state index contributed by atoms with van der Waals surface area (Å²) < 4.78 is 13.7. The third kappa shape index (κ3) is 3.06. The summed E-state index contributed by atoms with van der Waals surface area (Å²) in [4.78, 5) is 54.7. The fourth-order valence-corrected chi connectivity index (χ4v) is 9.62. The van der Waals surface area contributed by atoms with Gasteiger partial charge < -0.3 is 10.1 Å². The van der Waals surface area contributed by atoms with Gasteiger partial charge in [-0.1, -0.05) is 23.5 Å². The maximum absolute atomic E-state index is 13.7. The minimum atomic E-state index is -0.945. The van der Waals surface area contributed by atoms with Crippen LogP contribution in [-0.4, -0.2) is 44.6 Å². The van der Waals surface area contributed by atoms with Crippen LogP contribution >= 0.6 is 23.1 Å².